The standard InChI is InChI=1S/C21H24N2O5/c1-15(18-6-4-7-19(14-18)23(26)27)22(3)21(25)8-5-13-28-20-11-9-17(10-12-20)16(2)24/h4,6-7,9-12,14-15H,5,8,13H2,1-3H3/t15-/m0/s1. The van der Waals surface area contributed by atoms with Crippen LogP contribution in [0.4, 0.5) is 5.69 Å². The molecular formula is C21H24N2O5. The number of amides is 1. The number of rotatable bonds is 9. The number of ketones is 1. The van der Waals surface area contributed by atoms with Gasteiger partial charge in [-0.3, -0.25) is 19.7 Å². The minimum absolute atomic E-state index is 0.00180. The molecule has 0 aliphatic heterocycles. The van der Waals surface area contributed by atoms with Crippen LogP contribution in [0.15, 0.2) is 48.5 Å². The van der Waals surface area contributed by atoms with Gasteiger partial charge in [0.05, 0.1) is 17.6 Å². The van der Waals surface area contributed by atoms with Gasteiger partial charge < -0.3 is 9.64 Å². The molecule has 0 bridgehead atoms. The van der Waals surface area contributed by atoms with Crippen LogP contribution < -0.4 is 4.74 Å². The Hall–Kier alpha value is -3.22. The summed E-state index contributed by atoms with van der Waals surface area (Å²) in [7, 11) is 1.69. The third kappa shape index (κ3) is 5.64. The lowest BCUT2D eigenvalue weighted by molar-refractivity contribution is -0.384. The number of nitrogens with zero attached hydrogens (tertiary/aromatic N) is 2. The van der Waals surface area contributed by atoms with Gasteiger partial charge in [0.15, 0.2) is 5.78 Å². The van der Waals surface area contributed by atoms with Crippen molar-refractivity contribution in [3.63, 3.8) is 0 Å². The van der Waals surface area contributed by atoms with Gasteiger partial charge in [-0.15, -0.1) is 0 Å². The van der Waals surface area contributed by atoms with Crippen molar-refractivity contribution < 1.29 is 19.2 Å². The SMILES string of the molecule is CC(=O)c1ccc(OCCCC(=O)N(C)[C@@H](C)c2cccc([N+](=O)[O-])c2)cc1. The Bertz CT molecular complexity index is 848. The molecule has 0 aromatic heterocycles. The van der Waals surface area contributed by atoms with E-state index in [4.69, 9.17) is 4.74 Å². The molecule has 0 aliphatic rings. The summed E-state index contributed by atoms with van der Waals surface area (Å²) in [4.78, 5) is 35.7. The number of ether oxygens (including phenoxy) is 1. The fourth-order valence-corrected chi connectivity index (χ4v) is 2.71. The molecule has 2 aromatic carbocycles. The summed E-state index contributed by atoms with van der Waals surface area (Å²) < 4.78 is 5.60. The van der Waals surface area contributed by atoms with Crippen LogP contribution in [-0.4, -0.2) is 35.2 Å². The number of nitro benzene ring substituents is 1. The van der Waals surface area contributed by atoms with Crippen molar-refractivity contribution in [1.82, 2.24) is 4.90 Å². The highest BCUT2D eigenvalue weighted by atomic mass is 16.6. The van der Waals surface area contributed by atoms with Crippen LogP contribution in [0.1, 0.15) is 48.7 Å². The van der Waals surface area contributed by atoms with Crippen molar-refractivity contribution >= 4 is 17.4 Å². The molecule has 1 amide bonds. The van der Waals surface area contributed by atoms with Gasteiger partial charge in [0.1, 0.15) is 5.75 Å². The summed E-state index contributed by atoms with van der Waals surface area (Å²) in [5.74, 6) is 0.586. The minimum Gasteiger partial charge on any atom is -0.494 e. The van der Waals surface area contributed by atoms with Gasteiger partial charge in [0.25, 0.3) is 5.69 Å². The summed E-state index contributed by atoms with van der Waals surface area (Å²) >= 11 is 0. The first-order valence-electron chi connectivity index (χ1n) is 9.03. The maximum Gasteiger partial charge on any atom is 0.269 e. The van der Waals surface area contributed by atoms with Crippen LogP contribution in [0.5, 0.6) is 5.75 Å². The summed E-state index contributed by atoms with van der Waals surface area (Å²) in [5.41, 5.74) is 1.35. The molecule has 0 unspecified atom stereocenters. The van der Waals surface area contributed by atoms with Crippen LogP contribution in [-0.2, 0) is 4.79 Å². The predicted molar refractivity (Wildman–Crippen MR) is 105 cm³/mol. The first-order chi connectivity index (χ1) is 13.3. The second-order valence-electron chi connectivity index (χ2n) is 6.57. The molecule has 2 rings (SSSR count). The molecule has 7 nitrogen and oxygen atoms in total. The molecule has 0 saturated heterocycles. The van der Waals surface area contributed by atoms with Crippen LogP contribution in [0.25, 0.3) is 0 Å². The van der Waals surface area contributed by atoms with E-state index in [0.717, 1.165) is 0 Å². The largest absolute Gasteiger partial charge is 0.494 e. The number of Topliss-reactive ketones (excluding diaryl/α,β-unsaturated/α-hetero) is 1. The first-order valence-corrected chi connectivity index (χ1v) is 9.03. The van der Waals surface area contributed by atoms with Crippen molar-refractivity contribution in [3.05, 3.63) is 69.8 Å². The van der Waals surface area contributed by atoms with E-state index in [9.17, 15) is 19.7 Å². The fourth-order valence-electron chi connectivity index (χ4n) is 2.71. The minimum atomic E-state index is -0.446. The van der Waals surface area contributed by atoms with Crippen molar-refractivity contribution in [1.29, 1.82) is 0 Å². The predicted octanol–water partition coefficient (Wildman–Crippen LogP) is 4.18. The normalized spacial score (nSPS) is 11.5. The monoisotopic (exact) mass is 384 g/mol. The number of non-ortho nitro benzene ring substituents is 1. The number of carbonyl (C=O) groups is 2. The summed E-state index contributed by atoms with van der Waals surface area (Å²) in [6.45, 7) is 3.72. The highest BCUT2D eigenvalue weighted by molar-refractivity contribution is 5.94. The van der Waals surface area contributed by atoms with Crippen LogP contribution in [0.3, 0.4) is 0 Å². The quantitative estimate of drug-likeness (QED) is 0.280. The van der Waals surface area contributed by atoms with Crippen molar-refractivity contribution in [2.75, 3.05) is 13.7 Å². The molecule has 0 spiro atoms. The lowest BCUT2D eigenvalue weighted by atomic mass is 10.1. The second kappa shape index (κ2) is 9.64. The van der Waals surface area contributed by atoms with E-state index >= 15 is 0 Å². The van der Waals surface area contributed by atoms with Crippen LogP contribution in [0, 0.1) is 10.1 Å². The van der Waals surface area contributed by atoms with Crippen LogP contribution >= 0.6 is 0 Å². The Labute approximate surface area is 164 Å². The van der Waals surface area contributed by atoms with E-state index in [-0.39, 0.29) is 23.4 Å². The Kier molecular flexibility index (Phi) is 7.26. The van der Waals surface area contributed by atoms with E-state index in [2.05, 4.69) is 0 Å². The fraction of sp³-hybridized carbons (Fsp3) is 0.333. The molecule has 0 heterocycles. The van der Waals surface area contributed by atoms with Crippen LogP contribution in [0.2, 0.25) is 0 Å². The summed E-state index contributed by atoms with van der Waals surface area (Å²) in [6, 6.07) is 12.9. The second-order valence-corrected chi connectivity index (χ2v) is 6.57. The Morgan fingerprint density at radius 1 is 1.18 bits per heavy atom. The third-order valence-electron chi connectivity index (χ3n) is 4.60. The van der Waals surface area contributed by atoms with E-state index in [1.807, 2.05) is 6.92 Å². The molecule has 1 atom stereocenters. The van der Waals surface area contributed by atoms with Gasteiger partial charge in [0, 0.05) is 31.2 Å². The number of carbonyl (C=O) groups excluding carboxylic acids is 2. The van der Waals surface area contributed by atoms with Gasteiger partial charge in [-0.2, -0.15) is 0 Å². The average molecular weight is 384 g/mol. The number of hydrogen-bond acceptors (Lipinski definition) is 5. The lowest BCUT2D eigenvalue weighted by Crippen LogP contribution is -2.29. The molecule has 0 saturated carbocycles. The van der Waals surface area contributed by atoms with Crippen molar-refractivity contribution in [3.8, 4) is 5.75 Å². The number of nitro groups is 1. The Morgan fingerprint density at radius 3 is 2.46 bits per heavy atom. The van der Waals surface area contributed by atoms with Crippen molar-refractivity contribution in [2.24, 2.45) is 0 Å². The van der Waals surface area contributed by atoms with E-state index in [0.29, 0.717) is 36.3 Å². The number of benzene rings is 2. The molecule has 0 aliphatic carbocycles. The average Bonchev–Trinajstić information content (AvgIpc) is 2.70. The maximum atomic E-state index is 12.4. The topological polar surface area (TPSA) is 89.8 Å². The van der Waals surface area contributed by atoms with Gasteiger partial charge >= 0.3 is 0 Å². The van der Waals surface area contributed by atoms with E-state index < -0.39 is 4.92 Å². The molecule has 2 aromatic rings. The Balaban J connectivity index is 1.82. The summed E-state index contributed by atoms with van der Waals surface area (Å²) in [6.07, 6.45) is 0.848. The molecule has 148 valence electrons. The summed E-state index contributed by atoms with van der Waals surface area (Å²) in [5, 5.41) is 10.9. The van der Waals surface area contributed by atoms with E-state index in [1.54, 1.807) is 48.3 Å². The maximum absolute atomic E-state index is 12.4. The zero-order valence-corrected chi connectivity index (χ0v) is 16.3. The zero-order valence-electron chi connectivity index (χ0n) is 16.3. The first kappa shape index (κ1) is 21.1. The Morgan fingerprint density at radius 2 is 1.86 bits per heavy atom. The molecule has 28 heavy (non-hydrogen) atoms. The highest BCUT2D eigenvalue weighted by Gasteiger charge is 2.19. The van der Waals surface area contributed by atoms with Gasteiger partial charge in [0.2, 0.25) is 5.91 Å². The molecule has 0 fully saturated rings. The molecule has 7 heteroatoms. The molecule has 0 radical (unpaired) electrons. The lowest BCUT2D eigenvalue weighted by Gasteiger charge is -2.25. The molecular weight excluding hydrogens is 360 g/mol. The van der Waals surface area contributed by atoms with Gasteiger partial charge in [-0.1, -0.05) is 12.1 Å². The third-order valence-corrected chi connectivity index (χ3v) is 4.60. The van der Waals surface area contributed by atoms with Crippen molar-refractivity contribution in [2.45, 2.75) is 32.7 Å². The van der Waals surface area contributed by atoms with E-state index in [1.165, 1.54) is 19.1 Å². The zero-order chi connectivity index (χ0) is 20.7. The highest BCUT2D eigenvalue weighted by Crippen LogP contribution is 2.23. The smallest absolute Gasteiger partial charge is 0.269 e. The molecule has 0 N–H and O–H groups in total. The van der Waals surface area contributed by atoms with Gasteiger partial charge in [-0.25, -0.2) is 0 Å². The van der Waals surface area contributed by atoms with Gasteiger partial charge in [-0.05, 0) is 50.1 Å². The number of hydrogen-bond donors (Lipinski definition) is 0.